The van der Waals surface area contributed by atoms with Crippen LogP contribution in [-0.4, -0.2) is 35.3 Å². The molecule has 0 radical (unpaired) electrons. The zero-order chi connectivity index (χ0) is 18.2. The molecule has 3 rings (SSSR count). The van der Waals surface area contributed by atoms with Crippen LogP contribution in [0, 0.1) is 5.92 Å². The summed E-state index contributed by atoms with van der Waals surface area (Å²) in [5.41, 5.74) is -0.217. The van der Waals surface area contributed by atoms with Crippen molar-refractivity contribution in [3.05, 3.63) is 36.0 Å². The van der Waals surface area contributed by atoms with Gasteiger partial charge < -0.3 is 15.3 Å². The number of nitrogens with zero attached hydrogens (tertiary/aromatic N) is 2. The Labute approximate surface area is 142 Å². The van der Waals surface area contributed by atoms with Crippen molar-refractivity contribution in [2.24, 2.45) is 5.92 Å². The van der Waals surface area contributed by atoms with E-state index in [-0.39, 0.29) is 17.5 Å². The fraction of sp³-hybridized carbons (Fsp3) is 0.412. The van der Waals surface area contributed by atoms with E-state index in [0.717, 1.165) is 6.07 Å². The highest BCUT2D eigenvalue weighted by Gasteiger charge is 2.34. The minimum absolute atomic E-state index is 0.0894. The largest absolute Gasteiger partial charge is 0.465 e. The Kier molecular flexibility index (Phi) is 4.45. The maximum absolute atomic E-state index is 13.2. The predicted molar refractivity (Wildman–Crippen MR) is 87.7 cm³/mol. The van der Waals surface area contributed by atoms with Gasteiger partial charge in [-0.15, -0.1) is 0 Å². The number of amides is 1. The Morgan fingerprint density at radius 3 is 2.76 bits per heavy atom. The van der Waals surface area contributed by atoms with Gasteiger partial charge in [-0.1, -0.05) is 6.92 Å². The van der Waals surface area contributed by atoms with Crippen LogP contribution in [0.3, 0.4) is 0 Å². The summed E-state index contributed by atoms with van der Waals surface area (Å²) in [6.45, 7) is 3.05. The number of alkyl halides is 3. The van der Waals surface area contributed by atoms with Gasteiger partial charge in [0.25, 0.3) is 0 Å². The summed E-state index contributed by atoms with van der Waals surface area (Å²) in [5.74, 6) is 0.208. The topological polar surface area (TPSA) is 65.5 Å². The number of rotatable bonds is 2. The summed E-state index contributed by atoms with van der Waals surface area (Å²) in [7, 11) is 0. The molecule has 1 aromatic carbocycles. The fourth-order valence-corrected chi connectivity index (χ4v) is 3.49. The number of piperidine rings is 1. The van der Waals surface area contributed by atoms with Crippen molar-refractivity contribution >= 4 is 22.7 Å². The number of carbonyl (C=O) groups is 1. The van der Waals surface area contributed by atoms with Crippen molar-refractivity contribution in [3.8, 4) is 0 Å². The first-order valence-corrected chi connectivity index (χ1v) is 7.95. The Morgan fingerprint density at radius 1 is 1.32 bits per heavy atom. The molecule has 1 aromatic heterocycles. The lowest BCUT2D eigenvalue weighted by atomic mass is 9.94. The first kappa shape index (κ1) is 17.3. The molecule has 1 aliphatic heterocycles. The molecule has 1 saturated heterocycles. The first-order valence-electron chi connectivity index (χ1n) is 7.95. The van der Waals surface area contributed by atoms with Crippen molar-refractivity contribution < 1.29 is 23.1 Å². The molecule has 2 heterocycles. The van der Waals surface area contributed by atoms with Crippen molar-refractivity contribution in [2.45, 2.75) is 25.6 Å². The molecule has 1 aliphatic rings. The third-order valence-corrected chi connectivity index (χ3v) is 4.38. The summed E-state index contributed by atoms with van der Waals surface area (Å²) in [4.78, 5) is 16.8. The van der Waals surface area contributed by atoms with Gasteiger partial charge >= 0.3 is 12.3 Å². The average molecular weight is 353 g/mol. The third kappa shape index (κ3) is 3.62. The van der Waals surface area contributed by atoms with Crippen molar-refractivity contribution in [1.29, 1.82) is 0 Å². The molecule has 0 unspecified atom stereocenters. The van der Waals surface area contributed by atoms with Gasteiger partial charge in [0, 0.05) is 36.4 Å². The Bertz CT molecular complexity index is 794. The minimum Gasteiger partial charge on any atom is -0.465 e. The van der Waals surface area contributed by atoms with Gasteiger partial charge in [-0.25, -0.2) is 4.79 Å². The molecule has 2 N–H and O–H groups in total. The van der Waals surface area contributed by atoms with E-state index in [1.54, 1.807) is 12.1 Å². The van der Waals surface area contributed by atoms with Crippen LogP contribution in [0.15, 0.2) is 30.5 Å². The number of benzene rings is 1. The zero-order valence-corrected chi connectivity index (χ0v) is 13.5. The summed E-state index contributed by atoms with van der Waals surface area (Å²) in [5, 5.41) is 11.8. The van der Waals surface area contributed by atoms with Crippen LogP contribution < -0.4 is 10.2 Å². The molecule has 8 heteroatoms. The predicted octanol–water partition coefficient (Wildman–Crippen LogP) is 3.74. The normalized spacial score (nSPS) is 21.4. The number of fused-ring (bicyclic) bond motifs is 1. The number of carboxylic acid groups (broad SMARTS) is 1. The Balaban J connectivity index is 2.02. The minimum atomic E-state index is -4.48. The molecule has 1 amide bonds. The van der Waals surface area contributed by atoms with Crippen LogP contribution in [0.1, 0.15) is 18.9 Å². The molecule has 25 heavy (non-hydrogen) atoms. The number of hydrogen-bond acceptors (Lipinski definition) is 3. The lowest BCUT2D eigenvalue weighted by Crippen LogP contribution is -2.50. The summed E-state index contributed by atoms with van der Waals surface area (Å²) in [6.07, 6.45) is -3.54. The highest BCUT2D eigenvalue weighted by atomic mass is 19.4. The van der Waals surface area contributed by atoms with Crippen LogP contribution in [0.25, 0.3) is 10.9 Å². The molecule has 134 valence electrons. The lowest BCUT2D eigenvalue weighted by Gasteiger charge is -2.38. The number of nitrogens with one attached hydrogen (secondary N) is 1. The highest BCUT2D eigenvalue weighted by molar-refractivity contribution is 5.94. The number of pyridine rings is 1. The van der Waals surface area contributed by atoms with E-state index >= 15 is 0 Å². The third-order valence-electron chi connectivity index (χ3n) is 4.38. The van der Waals surface area contributed by atoms with Gasteiger partial charge in [-0.2, -0.15) is 13.2 Å². The van der Waals surface area contributed by atoms with E-state index < -0.39 is 17.8 Å². The Hall–Kier alpha value is -2.51. The van der Waals surface area contributed by atoms with Gasteiger partial charge in [0.2, 0.25) is 0 Å². The van der Waals surface area contributed by atoms with E-state index in [1.165, 1.54) is 12.3 Å². The van der Waals surface area contributed by atoms with E-state index in [2.05, 4.69) is 10.3 Å². The highest BCUT2D eigenvalue weighted by Crippen LogP contribution is 2.38. The van der Waals surface area contributed by atoms with Gasteiger partial charge in [-0.05, 0) is 36.6 Å². The zero-order valence-electron chi connectivity index (χ0n) is 13.5. The van der Waals surface area contributed by atoms with Gasteiger partial charge in [0.05, 0.1) is 11.1 Å². The molecule has 5 nitrogen and oxygen atoms in total. The average Bonchev–Trinajstić information content (AvgIpc) is 2.51. The van der Waals surface area contributed by atoms with E-state index in [1.807, 2.05) is 11.8 Å². The quantitative estimate of drug-likeness (QED) is 0.863. The van der Waals surface area contributed by atoms with E-state index in [4.69, 9.17) is 5.11 Å². The molecule has 0 bridgehead atoms. The second kappa shape index (κ2) is 6.42. The van der Waals surface area contributed by atoms with Crippen molar-refractivity contribution in [3.63, 3.8) is 0 Å². The van der Waals surface area contributed by atoms with Gasteiger partial charge in [-0.3, -0.25) is 4.98 Å². The SMILES string of the molecule is C[C@H]1C[C@@H](NC(=O)O)CN(c2ccc(C(F)(F)F)c3ncccc23)C1. The van der Waals surface area contributed by atoms with Gasteiger partial charge in [0.1, 0.15) is 0 Å². The Morgan fingerprint density at radius 2 is 2.08 bits per heavy atom. The maximum atomic E-state index is 13.2. The van der Waals surface area contributed by atoms with Gasteiger partial charge in [0.15, 0.2) is 0 Å². The molecular weight excluding hydrogens is 335 g/mol. The summed E-state index contributed by atoms with van der Waals surface area (Å²) < 4.78 is 39.7. The molecule has 1 fully saturated rings. The number of halogens is 3. The standard InChI is InChI=1S/C17H18F3N3O2/c1-10-7-11(22-16(24)25)9-23(8-10)14-5-4-13(17(18,19)20)15-12(14)3-2-6-21-15/h2-6,10-11,22H,7-9H2,1H3,(H,24,25)/t10-,11+/m0/s1. The van der Waals surface area contributed by atoms with Crippen LogP contribution in [0.5, 0.6) is 0 Å². The van der Waals surface area contributed by atoms with Crippen LogP contribution in [-0.2, 0) is 6.18 Å². The van der Waals surface area contributed by atoms with E-state index in [0.29, 0.717) is 30.6 Å². The molecule has 0 saturated carbocycles. The number of hydrogen-bond donors (Lipinski definition) is 2. The molecule has 2 atom stereocenters. The summed E-state index contributed by atoms with van der Waals surface area (Å²) in [6, 6.07) is 5.44. The number of anilines is 1. The van der Waals surface area contributed by atoms with E-state index in [9.17, 15) is 18.0 Å². The summed E-state index contributed by atoms with van der Waals surface area (Å²) >= 11 is 0. The van der Waals surface area contributed by atoms with Crippen molar-refractivity contribution in [1.82, 2.24) is 10.3 Å². The second-order valence-electron chi connectivity index (χ2n) is 6.42. The van der Waals surface area contributed by atoms with Crippen LogP contribution in [0.2, 0.25) is 0 Å². The molecular formula is C17H18F3N3O2. The van der Waals surface area contributed by atoms with Crippen LogP contribution in [0.4, 0.5) is 23.7 Å². The van der Waals surface area contributed by atoms with Crippen molar-refractivity contribution in [2.75, 3.05) is 18.0 Å². The first-order chi connectivity index (χ1) is 11.8. The van der Waals surface area contributed by atoms with Crippen LogP contribution >= 0.6 is 0 Å². The second-order valence-corrected chi connectivity index (χ2v) is 6.42. The lowest BCUT2D eigenvalue weighted by molar-refractivity contribution is -0.136. The fourth-order valence-electron chi connectivity index (χ4n) is 3.49. The number of aromatic nitrogens is 1. The smallest absolute Gasteiger partial charge is 0.418 e. The monoisotopic (exact) mass is 353 g/mol. The molecule has 2 aromatic rings. The molecule has 0 aliphatic carbocycles. The molecule has 0 spiro atoms. The maximum Gasteiger partial charge on any atom is 0.418 e.